The number of rotatable bonds is 2. The van der Waals surface area contributed by atoms with Crippen LogP contribution in [0.4, 0.5) is 0 Å². The molecule has 1 aliphatic rings. The van der Waals surface area contributed by atoms with Crippen molar-refractivity contribution in [1.82, 2.24) is 14.8 Å². The Morgan fingerprint density at radius 2 is 2.00 bits per heavy atom. The largest absolute Gasteiger partial charge is 0.478 e. The van der Waals surface area contributed by atoms with Gasteiger partial charge in [-0.1, -0.05) is 12.1 Å². The van der Waals surface area contributed by atoms with Gasteiger partial charge in [-0.05, 0) is 18.6 Å². The predicted molar refractivity (Wildman–Crippen MR) is 60.7 cm³/mol. The summed E-state index contributed by atoms with van der Waals surface area (Å²) in [5.41, 5.74) is 1.20. The highest BCUT2D eigenvalue weighted by Gasteiger charge is 2.18. The summed E-state index contributed by atoms with van der Waals surface area (Å²) in [5, 5.41) is 17.1. The third kappa shape index (κ3) is 1.60. The standard InChI is InChI=1S/C12H11N3O2/c16-12(17)9-5-3-8(4-6-9)11-14-13-10-2-1-7-15(10)11/h3-6H,1-2,7H2,(H,16,17). The molecule has 1 N–H and O–H groups in total. The van der Waals surface area contributed by atoms with Crippen LogP contribution in [0, 0.1) is 0 Å². The molecular weight excluding hydrogens is 218 g/mol. The van der Waals surface area contributed by atoms with Gasteiger partial charge >= 0.3 is 5.97 Å². The van der Waals surface area contributed by atoms with Crippen LogP contribution in [-0.4, -0.2) is 25.8 Å². The van der Waals surface area contributed by atoms with Crippen molar-refractivity contribution in [3.8, 4) is 11.4 Å². The first-order chi connectivity index (χ1) is 8.25. The summed E-state index contributed by atoms with van der Waals surface area (Å²) in [6.45, 7) is 0.943. The molecule has 86 valence electrons. The van der Waals surface area contributed by atoms with Crippen molar-refractivity contribution in [2.24, 2.45) is 0 Å². The van der Waals surface area contributed by atoms with Gasteiger partial charge in [0.2, 0.25) is 0 Å². The smallest absolute Gasteiger partial charge is 0.335 e. The van der Waals surface area contributed by atoms with E-state index in [-0.39, 0.29) is 5.56 Å². The number of carbonyl (C=O) groups is 1. The fourth-order valence-corrected chi connectivity index (χ4v) is 2.13. The van der Waals surface area contributed by atoms with Crippen LogP contribution in [0.3, 0.4) is 0 Å². The lowest BCUT2D eigenvalue weighted by Crippen LogP contribution is -1.98. The fourth-order valence-electron chi connectivity index (χ4n) is 2.13. The Hall–Kier alpha value is -2.17. The molecule has 0 atom stereocenters. The lowest BCUT2D eigenvalue weighted by atomic mass is 10.1. The summed E-state index contributed by atoms with van der Waals surface area (Å²) in [6.07, 6.45) is 2.07. The summed E-state index contributed by atoms with van der Waals surface area (Å²) in [6, 6.07) is 6.74. The van der Waals surface area contributed by atoms with Crippen molar-refractivity contribution < 1.29 is 9.90 Å². The molecule has 2 heterocycles. The second-order valence-corrected chi connectivity index (χ2v) is 4.08. The van der Waals surface area contributed by atoms with Crippen LogP contribution in [0.15, 0.2) is 24.3 Å². The first kappa shape index (κ1) is 10.0. The van der Waals surface area contributed by atoms with Crippen molar-refractivity contribution >= 4 is 5.97 Å². The molecule has 2 aromatic rings. The number of fused-ring (bicyclic) bond motifs is 1. The van der Waals surface area contributed by atoms with E-state index in [1.54, 1.807) is 24.3 Å². The third-order valence-electron chi connectivity index (χ3n) is 3.00. The molecule has 1 aliphatic heterocycles. The molecule has 5 nitrogen and oxygen atoms in total. The Bertz CT molecular complexity index is 572. The monoisotopic (exact) mass is 229 g/mol. The van der Waals surface area contributed by atoms with Gasteiger partial charge in [-0.15, -0.1) is 10.2 Å². The molecule has 17 heavy (non-hydrogen) atoms. The predicted octanol–water partition coefficient (Wildman–Crippen LogP) is 1.59. The van der Waals surface area contributed by atoms with Crippen molar-refractivity contribution in [1.29, 1.82) is 0 Å². The quantitative estimate of drug-likeness (QED) is 0.849. The highest BCUT2D eigenvalue weighted by molar-refractivity contribution is 5.88. The second-order valence-electron chi connectivity index (χ2n) is 4.08. The van der Waals surface area contributed by atoms with Crippen molar-refractivity contribution in [2.45, 2.75) is 19.4 Å². The highest BCUT2D eigenvalue weighted by atomic mass is 16.4. The number of aryl methyl sites for hydroxylation is 1. The molecule has 0 unspecified atom stereocenters. The van der Waals surface area contributed by atoms with Gasteiger partial charge in [0.25, 0.3) is 0 Å². The molecule has 0 saturated heterocycles. The molecule has 3 rings (SSSR count). The number of aromatic carboxylic acids is 1. The van der Waals surface area contributed by atoms with E-state index < -0.39 is 5.97 Å². The zero-order valence-electron chi connectivity index (χ0n) is 9.13. The number of benzene rings is 1. The van der Waals surface area contributed by atoms with Gasteiger partial charge in [0.05, 0.1) is 5.56 Å². The normalized spacial score (nSPS) is 13.6. The fraction of sp³-hybridized carbons (Fsp3) is 0.250. The van der Waals surface area contributed by atoms with Gasteiger partial charge in [0.15, 0.2) is 5.82 Å². The summed E-state index contributed by atoms with van der Waals surface area (Å²) in [4.78, 5) is 10.8. The maximum atomic E-state index is 10.8. The molecule has 0 aliphatic carbocycles. The maximum absolute atomic E-state index is 10.8. The van der Waals surface area contributed by atoms with Crippen LogP contribution in [0.1, 0.15) is 22.6 Å². The minimum absolute atomic E-state index is 0.287. The van der Waals surface area contributed by atoms with E-state index in [0.29, 0.717) is 0 Å². The van der Waals surface area contributed by atoms with E-state index in [1.807, 2.05) is 0 Å². The van der Waals surface area contributed by atoms with Crippen LogP contribution in [0.5, 0.6) is 0 Å². The van der Waals surface area contributed by atoms with Crippen LogP contribution in [0.25, 0.3) is 11.4 Å². The van der Waals surface area contributed by atoms with E-state index >= 15 is 0 Å². The van der Waals surface area contributed by atoms with Crippen molar-refractivity contribution in [3.05, 3.63) is 35.7 Å². The summed E-state index contributed by atoms with van der Waals surface area (Å²) >= 11 is 0. The molecule has 0 spiro atoms. The molecule has 0 radical (unpaired) electrons. The topological polar surface area (TPSA) is 68.0 Å². The van der Waals surface area contributed by atoms with Crippen LogP contribution >= 0.6 is 0 Å². The first-order valence-electron chi connectivity index (χ1n) is 5.51. The SMILES string of the molecule is O=C(O)c1ccc(-c2nnc3n2CCC3)cc1. The number of carboxylic acids is 1. The van der Waals surface area contributed by atoms with Gasteiger partial charge < -0.3 is 9.67 Å². The van der Waals surface area contributed by atoms with Gasteiger partial charge in [0, 0.05) is 18.5 Å². The Balaban J connectivity index is 2.01. The molecule has 0 saturated carbocycles. The summed E-state index contributed by atoms with van der Waals surface area (Å²) in [5.74, 6) is 0.930. The van der Waals surface area contributed by atoms with Crippen molar-refractivity contribution in [3.63, 3.8) is 0 Å². The second kappa shape index (κ2) is 3.69. The summed E-state index contributed by atoms with van der Waals surface area (Å²) in [7, 11) is 0. The molecular formula is C12H11N3O2. The third-order valence-corrected chi connectivity index (χ3v) is 3.00. The number of hydrogen-bond acceptors (Lipinski definition) is 3. The average Bonchev–Trinajstić information content (AvgIpc) is 2.90. The molecule has 1 aromatic carbocycles. The average molecular weight is 229 g/mol. The molecule has 5 heteroatoms. The number of nitrogens with zero attached hydrogens (tertiary/aromatic N) is 3. The van der Waals surface area contributed by atoms with Gasteiger partial charge in [-0.2, -0.15) is 0 Å². The van der Waals surface area contributed by atoms with Gasteiger partial charge in [-0.3, -0.25) is 0 Å². The Labute approximate surface area is 97.7 Å². The summed E-state index contributed by atoms with van der Waals surface area (Å²) < 4.78 is 2.09. The molecule has 0 fully saturated rings. The highest BCUT2D eigenvalue weighted by Crippen LogP contribution is 2.23. The zero-order valence-corrected chi connectivity index (χ0v) is 9.13. The zero-order chi connectivity index (χ0) is 11.8. The minimum atomic E-state index is -0.914. The van der Waals surface area contributed by atoms with Crippen molar-refractivity contribution in [2.75, 3.05) is 0 Å². The Morgan fingerprint density at radius 1 is 1.24 bits per heavy atom. The Kier molecular flexibility index (Phi) is 2.18. The molecule has 0 bridgehead atoms. The Morgan fingerprint density at radius 3 is 2.71 bits per heavy atom. The maximum Gasteiger partial charge on any atom is 0.335 e. The van der Waals surface area contributed by atoms with Crippen LogP contribution < -0.4 is 0 Å². The van der Waals surface area contributed by atoms with E-state index in [0.717, 1.165) is 36.6 Å². The lowest BCUT2D eigenvalue weighted by molar-refractivity contribution is 0.0697. The minimum Gasteiger partial charge on any atom is -0.478 e. The van der Waals surface area contributed by atoms with Crippen LogP contribution in [-0.2, 0) is 13.0 Å². The van der Waals surface area contributed by atoms with Crippen LogP contribution in [0.2, 0.25) is 0 Å². The molecule has 1 aromatic heterocycles. The number of hydrogen-bond donors (Lipinski definition) is 1. The lowest BCUT2D eigenvalue weighted by Gasteiger charge is -2.03. The van der Waals surface area contributed by atoms with E-state index in [9.17, 15) is 4.79 Å². The van der Waals surface area contributed by atoms with E-state index in [1.165, 1.54) is 0 Å². The van der Waals surface area contributed by atoms with E-state index in [4.69, 9.17) is 5.11 Å². The first-order valence-corrected chi connectivity index (χ1v) is 5.51. The number of carboxylic acid groups (broad SMARTS) is 1. The number of aromatic nitrogens is 3. The van der Waals surface area contributed by atoms with E-state index in [2.05, 4.69) is 14.8 Å². The van der Waals surface area contributed by atoms with Gasteiger partial charge in [0.1, 0.15) is 5.82 Å². The molecule has 0 amide bonds. The van der Waals surface area contributed by atoms with Gasteiger partial charge in [-0.25, -0.2) is 4.79 Å².